The van der Waals surface area contributed by atoms with Gasteiger partial charge in [0.15, 0.2) is 5.69 Å². The van der Waals surface area contributed by atoms with Gasteiger partial charge in [-0.3, -0.25) is 4.79 Å². The molecule has 1 aromatic heterocycles. The number of methoxy groups -OCH3 is 1. The fraction of sp³-hybridized carbons (Fsp3) is 0.150. The highest BCUT2D eigenvalue weighted by Gasteiger charge is 2.37. The minimum Gasteiger partial charge on any atom is -0.465 e. The second-order valence-electron chi connectivity index (χ2n) is 6.29. The molecule has 30 heavy (non-hydrogen) atoms. The summed E-state index contributed by atoms with van der Waals surface area (Å²) in [7, 11) is 1.20. The van der Waals surface area contributed by atoms with Crippen molar-refractivity contribution in [3.05, 3.63) is 70.9 Å². The minimum atomic E-state index is -4.82. The largest absolute Gasteiger partial charge is 0.465 e. The van der Waals surface area contributed by atoms with Crippen LogP contribution in [0.3, 0.4) is 0 Å². The molecule has 3 rings (SSSR count). The molecule has 0 aliphatic rings. The van der Waals surface area contributed by atoms with Crippen LogP contribution in [0.25, 0.3) is 11.3 Å². The second-order valence-corrected chi connectivity index (χ2v) is 6.29. The Labute approximate surface area is 167 Å². The van der Waals surface area contributed by atoms with Crippen LogP contribution in [0.15, 0.2) is 42.5 Å². The number of halogens is 4. The van der Waals surface area contributed by atoms with E-state index in [0.29, 0.717) is 5.56 Å². The highest BCUT2D eigenvalue weighted by Crippen LogP contribution is 2.31. The molecule has 6 nitrogen and oxygen atoms in total. The van der Waals surface area contributed by atoms with Crippen LogP contribution in [0.2, 0.25) is 0 Å². The molecule has 0 atom stereocenters. The van der Waals surface area contributed by atoms with Crippen molar-refractivity contribution < 1.29 is 31.9 Å². The lowest BCUT2D eigenvalue weighted by atomic mass is 10.1. The van der Waals surface area contributed by atoms with E-state index in [1.165, 1.54) is 31.4 Å². The van der Waals surface area contributed by atoms with Crippen LogP contribution in [-0.4, -0.2) is 29.0 Å². The summed E-state index contributed by atoms with van der Waals surface area (Å²) in [5.41, 5.74) is 0.323. The molecule has 0 saturated carbocycles. The molecule has 1 heterocycles. The quantitative estimate of drug-likeness (QED) is 0.477. The van der Waals surface area contributed by atoms with Gasteiger partial charge in [-0.15, -0.1) is 0 Å². The van der Waals surface area contributed by atoms with Crippen LogP contribution in [0.1, 0.15) is 32.2 Å². The average molecular weight is 421 g/mol. The highest BCUT2D eigenvalue weighted by atomic mass is 19.4. The van der Waals surface area contributed by atoms with Gasteiger partial charge in [-0.05, 0) is 48.9 Å². The number of nitrogens with one attached hydrogen (secondary N) is 2. The number of aryl methyl sites for hydroxylation is 1. The number of nitrogens with zero attached hydrogens (tertiary/aromatic N) is 1. The Hall–Kier alpha value is -3.69. The van der Waals surface area contributed by atoms with Crippen LogP contribution in [0, 0.1) is 12.7 Å². The van der Waals surface area contributed by atoms with Gasteiger partial charge in [0.05, 0.1) is 18.4 Å². The molecule has 3 aromatic rings. The Kier molecular flexibility index (Phi) is 5.59. The van der Waals surface area contributed by atoms with Crippen LogP contribution in [0.5, 0.6) is 0 Å². The van der Waals surface area contributed by atoms with Crippen molar-refractivity contribution >= 4 is 17.6 Å². The molecule has 0 fully saturated rings. The molecule has 10 heteroatoms. The zero-order valence-electron chi connectivity index (χ0n) is 15.7. The van der Waals surface area contributed by atoms with Crippen molar-refractivity contribution in [2.45, 2.75) is 13.1 Å². The van der Waals surface area contributed by atoms with Crippen molar-refractivity contribution in [2.24, 2.45) is 0 Å². The smallest absolute Gasteiger partial charge is 0.449 e. The predicted octanol–water partition coefficient (Wildman–Crippen LogP) is 4.58. The lowest BCUT2D eigenvalue weighted by Gasteiger charge is -2.09. The molecular weight excluding hydrogens is 406 g/mol. The number of imidazole rings is 1. The first-order chi connectivity index (χ1) is 14.1. The van der Waals surface area contributed by atoms with Gasteiger partial charge in [0.2, 0.25) is 5.82 Å². The lowest BCUT2D eigenvalue weighted by Crippen LogP contribution is -2.15. The number of aromatic nitrogens is 2. The van der Waals surface area contributed by atoms with Crippen LogP contribution >= 0.6 is 0 Å². The highest BCUT2D eigenvalue weighted by molar-refractivity contribution is 6.07. The standard InChI is InChI=1S/C20H15F4N3O3/c1-10-3-8-13(9-14(10)18(29)30-2)25-17(28)16-15(11-4-6-12(21)7-5-11)26-19(27-16)20(22,23)24/h3-9H,1-2H3,(H,25,28)(H,26,27). The number of ether oxygens (including phenoxy) is 1. The number of rotatable bonds is 4. The van der Waals surface area contributed by atoms with E-state index in [1.807, 2.05) is 0 Å². The van der Waals surface area contributed by atoms with Crippen molar-refractivity contribution in [1.29, 1.82) is 0 Å². The third kappa shape index (κ3) is 4.32. The van der Waals surface area contributed by atoms with E-state index < -0.39 is 35.4 Å². The average Bonchev–Trinajstić information content (AvgIpc) is 3.15. The molecule has 1 amide bonds. The number of benzene rings is 2. The molecule has 156 valence electrons. The lowest BCUT2D eigenvalue weighted by molar-refractivity contribution is -0.144. The van der Waals surface area contributed by atoms with Crippen molar-refractivity contribution in [1.82, 2.24) is 9.97 Å². The Morgan fingerprint density at radius 1 is 1.10 bits per heavy atom. The molecule has 0 unspecified atom stereocenters. The zero-order chi connectivity index (χ0) is 22.1. The van der Waals surface area contributed by atoms with Gasteiger partial charge >= 0.3 is 12.1 Å². The number of amides is 1. The molecule has 2 aromatic carbocycles. The number of hydrogen-bond acceptors (Lipinski definition) is 4. The minimum absolute atomic E-state index is 0.142. The number of aromatic amines is 1. The number of esters is 1. The summed E-state index contributed by atoms with van der Waals surface area (Å²) < 4.78 is 57.3. The van der Waals surface area contributed by atoms with E-state index in [4.69, 9.17) is 0 Å². The molecule has 2 N–H and O–H groups in total. The van der Waals surface area contributed by atoms with E-state index in [9.17, 15) is 27.2 Å². The monoisotopic (exact) mass is 421 g/mol. The Morgan fingerprint density at radius 3 is 2.37 bits per heavy atom. The third-order valence-corrected chi connectivity index (χ3v) is 4.22. The van der Waals surface area contributed by atoms with Crippen LogP contribution in [-0.2, 0) is 10.9 Å². The number of hydrogen-bond donors (Lipinski definition) is 2. The number of carbonyl (C=O) groups excluding carboxylic acids is 2. The number of anilines is 1. The first-order valence-electron chi connectivity index (χ1n) is 8.53. The summed E-state index contributed by atoms with van der Waals surface area (Å²) in [6.07, 6.45) is -4.82. The first-order valence-corrected chi connectivity index (χ1v) is 8.53. The van der Waals surface area contributed by atoms with Crippen molar-refractivity contribution in [3.63, 3.8) is 0 Å². The van der Waals surface area contributed by atoms with E-state index in [-0.39, 0.29) is 22.5 Å². The summed E-state index contributed by atoms with van der Waals surface area (Å²) in [4.78, 5) is 30.0. The normalized spacial score (nSPS) is 11.3. The zero-order valence-corrected chi connectivity index (χ0v) is 15.7. The Balaban J connectivity index is 2.00. The molecule has 0 bridgehead atoms. The Bertz CT molecular complexity index is 1110. The molecule has 0 aliphatic heterocycles. The summed E-state index contributed by atoms with van der Waals surface area (Å²) in [6, 6.07) is 8.92. The van der Waals surface area contributed by atoms with Crippen LogP contribution in [0.4, 0.5) is 23.2 Å². The SMILES string of the molecule is COC(=O)c1cc(NC(=O)c2nc(C(F)(F)F)[nH]c2-c2ccc(F)cc2)ccc1C. The van der Waals surface area contributed by atoms with Gasteiger partial charge in [-0.2, -0.15) is 13.2 Å². The molecule has 0 aliphatic carbocycles. The van der Waals surface area contributed by atoms with E-state index >= 15 is 0 Å². The van der Waals surface area contributed by atoms with Gasteiger partial charge in [-0.25, -0.2) is 14.2 Å². The van der Waals surface area contributed by atoms with Gasteiger partial charge in [-0.1, -0.05) is 6.07 Å². The fourth-order valence-electron chi connectivity index (χ4n) is 2.72. The van der Waals surface area contributed by atoms with Crippen molar-refractivity contribution in [3.8, 4) is 11.3 Å². The second kappa shape index (κ2) is 7.97. The molecule has 0 radical (unpaired) electrons. The summed E-state index contributed by atoms with van der Waals surface area (Å²) >= 11 is 0. The van der Waals surface area contributed by atoms with E-state index in [2.05, 4.69) is 20.0 Å². The maximum Gasteiger partial charge on any atom is 0.449 e. The summed E-state index contributed by atoms with van der Waals surface area (Å²) in [5.74, 6) is -3.53. The third-order valence-electron chi connectivity index (χ3n) is 4.22. The number of H-pyrrole nitrogens is 1. The molecule has 0 saturated heterocycles. The molecular formula is C20H15F4N3O3. The number of carbonyl (C=O) groups is 2. The predicted molar refractivity (Wildman–Crippen MR) is 99.5 cm³/mol. The van der Waals surface area contributed by atoms with Gasteiger partial charge in [0.25, 0.3) is 5.91 Å². The van der Waals surface area contributed by atoms with Crippen molar-refractivity contribution in [2.75, 3.05) is 12.4 Å². The maximum atomic E-state index is 13.2. The van der Waals surface area contributed by atoms with Gasteiger partial charge in [0.1, 0.15) is 5.82 Å². The number of alkyl halides is 3. The van der Waals surface area contributed by atoms with E-state index in [0.717, 1.165) is 12.1 Å². The molecule has 0 spiro atoms. The summed E-state index contributed by atoms with van der Waals surface area (Å²) in [5, 5.41) is 2.42. The maximum absolute atomic E-state index is 13.2. The van der Waals surface area contributed by atoms with E-state index in [1.54, 1.807) is 13.0 Å². The van der Waals surface area contributed by atoms with Gasteiger partial charge in [0, 0.05) is 11.3 Å². The fourth-order valence-corrected chi connectivity index (χ4v) is 2.72. The van der Waals surface area contributed by atoms with Gasteiger partial charge < -0.3 is 15.0 Å². The topological polar surface area (TPSA) is 84.1 Å². The summed E-state index contributed by atoms with van der Waals surface area (Å²) in [6.45, 7) is 1.66. The Morgan fingerprint density at radius 2 is 1.77 bits per heavy atom. The first kappa shape index (κ1) is 21.0. The van der Waals surface area contributed by atoms with Crippen LogP contribution < -0.4 is 5.32 Å².